The van der Waals surface area contributed by atoms with Crippen LogP contribution in [-0.4, -0.2) is 52.6 Å². The van der Waals surface area contributed by atoms with E-state index in [-0.39, 0.29) is 0 Å². The molecular weight excluding hydrogens is 280 g/mol. The van der Waals surface area contributed by atoms with Gasteiger partial charge in [0.15, 0.2) is 0 Å². The fraction of sp³-hybridized carbons (Fsp3) is 0.750. The van der Waals surface area contributed by atoms with Gasteiger partial charge >= 0.3 is 0 Å². The van der Waals surface area contributed by atoms with Crippen molar-refractivity contribution in [3.8, 4) is 0 Å². The molecule has 21 heavy (non-hydrogen) atoms. The SMILES string of the molecule is Cc1nc(C2CSCCN2C)nc(C)c1CCNC1CC1. The van der Waals surface area contributed by atoms with E-state index in [1.54, 1.807) is 0 Å². The molecule has 5 heteroatoms. The Morgan fingerprint density at radius 3 is 2.57 bits per heavy atom. The van der Waals surface area contributed by atoms with Crippen LogP contribution in [0, 0.1) is 13.8 Å². The molecule has 1 N–H and O–H groups in total. The van der Waals surface area contributed by atoms with Gasteiger partial charge in [-0.1, -0.05) is 0 Å². The standard InChI is InChI=1S/C16H26N4S/c1-11-14(6-7-17-13-4-5-13)12(2)19-16(18-11)15-10-21-9-8-20(15)3/h13,15,17H,4-10H2,1-3H3. The fourth-order valence-electron chi connectivity index (χ4n) is 2.92. The molecule has 1 aliphatic heterocycles. The van der Waals surface area contributed by atoms with Crippen molar-refractivity contribution in [3.63, 3.8) is 0 Å². The third kappa shape index (κ3) is 3.76. The van der Waals surface area contributed by atoms with Crippen LogP contribution in [0.25, 0.3) is 0 Å². The monoisotopic (exact) mass is 306 g/mol. The molecule has 0 amide bonds. The highest BCUT2D eigenvalue weighted by Crippen LogP contribution is 2.27. The van der Waals surface area contributed by atoms with Crippen LogP contribution in [0.5, 0.6) is 0 Å². The van der Waals surface area contributed by atoms with Crippen LogP contribution in [0.1, 0.15) is 41.7 Å². The molecule has 1 atom stereocenters. The Hall–Kier alpha value is -0.650. The average molecular weight is 306 g/mol. The Bertz CT molecular complexity index is 478. The van der Waals surface area contributed by atoms with Crippen molar-refractivity contribution in [2.24, 2.45) is 0 Å². The second kappa shape index (κ2) is 6.63. The lowest BCUT2D eigenvalue weighted by molar-refractivity contribution is 0.264. The maximum atomic E-state index is 4.83. The zero-order valence-corrected chi connectivity index (χ0v) is 14.2. The van der Waals surface area contributed by atoms with Crippen molar-refractivity contribution in [2.75, 3.05) is 31.6 Å². The summed E-state index contributed by atoms with van der Waals surface area (Å²) in [6.07, 6.45) is 3.74. The maximum absolute atomic E-state index is 4.83. The van der Waals surface area contributed by atoms with E-state index in [1.807, 2.05) is 11.8 Å². The summed E-state index contributed by atoms with van der Waals surface area (Å²) in [5.74, 6) is 3.34. The first-order chi connectivity index (χ1) is 10.1. The number of thioether (sulfide) groups is 1. The van der Waals surface area contributed by atoms with Crippen molar-refractivity contribution in [1.29, 1.82) is 0 Å². The smallest absolute Gasteiger partial charge is 0.146 e. The number of nitrogens with one attached hydrogen (secondary N) is 1. The predicted octanol–water partition coefficient (Wildman–Crippen LogP) is 2.11. The predicted molar refractivity (Wildman–Crippen MR) is 88.9 cm³/mol. The van der Waals surface area contributed by atoms with E-state index >= 15 is 0 Å². The van der Waals surface area contributed by atoms with Crippen LogP contribution in [0.15, 0.2) is 0 Å². The molecule has 2 heterocycles. The first-order valence-corrected chi connectivity index (χ1v) is 9.16. The van der Waals surface area contributed by atoms with Gasteiger partial charge in [-0.05, 0) is 52.3 Å². The Kier molecular flexibility index (Phi) is 4.82. The first-order valence-electron chi connectivity index (χ1n) is 8.00. The van der Waals surface area contributed by atoms with Crippen LogP contribution in [-0.2, 0) is 6.42 Å². The summed E-state index contributed by atoms with van der Waals surface area (Å²) in [4.78, 5) is 12.0. The van der Waals surface area contributed by atoms with E-state index in [2.05, 4.69) is 31.1 Å². The molecular formula is C16H26N4S. The lowest BCUT2D eigenvalue weighted by Crippen LogP contribution is -2.34. The number of hydrogen-bond donors (Lipinski definition) is 1. The molecule has 2 fully saturated rings. The summed E-state index contributed by atoms with van der Waals surface area (Å²) in [5, 5.41) is 3.58. The van der Waals surface area contributed by atoms with Gasteiger partial charge in [0.1, 0.15) is 5.82 Å². The molecule has 116 valence electrons. The van der Waals surface area contributed by atoms with E-state index in [4.69, 9.17) is 9.97 Å². The van der Waals surface area contributed by atoms with Gasteiger partial charge in [-0.3, -0.25) is 4.90 Å². The van der Waals surface area contributed by atoms with Gasteiger partial charge < -0.3 is 5.32 Å². The summed E-state index contributed by atoms with van der Waals surface area (Å²) in [5.41, 5.74) is 3.66. The molecule has 1 aromatic heterocycles. The molecule has 1 aromatic rings. The molecule has 1 unspecified atom stereocenters. The molecule has 0 radical (unpaired) electrons. The Morgan fingerprint density at radius 2 is 1.95 bits per heavy atom. The van der Waals surface area contributed by atoms with Crippen molar-refractivity contribution < 1.29 is 0 Å². The van der Waals surface area contributed by atoms with E-state index < -0.39 is 0 Å². The van der Waals surface area contributed by atoms with Crippen LogP contribution in [0.3, 0.4) is 0 Å². The molecule has 1 aliphatic carbocycles. The highest BCUT2D eigenvalue weighted by molar-refractivity contribution is 7.99. The lowest BCUT2D eigenvalue weighted by atomic mass is 10.1. The van der Waals surface area contributed by atoms with Crippen molar-refractivity contribution >= 4 is 11.8 Å². The maximum Gasteiger partial charge on any atom is 0.146 e. The first kappa shape index (κ1) is 15.3. The van der Waals surface area contributed by atoms with Gasteiger partial charge in [-0.2, -0.15) is 11.8 Å². The summed E-state index contributed by atoms with van der Waals surface area (Å²) >= 11 is 2.01. The van der Waals surface area contributed by atoms with Crippen LogP contribution in [0.2, 0.25) is 0 Å². The van der Waals surface area contributed by atoms with Gasteiger partial charge in [0.2, 0.25) is 0 Å². The van der Waals surface area contributed by atoms with Crippen molar-refractivity contribution in [2.45, 2.75) is 45.2 Å². The van der Waals surface area contributed by atoms with E-state index in [1.165, 1.54) is 35.5 Å². The van der Waals surface area contributed by atoms with Gasteiger partial charge in [-0.15, -0.1) is 0 Å². The summed E-state index contributed by atoms with van der Waals surface area (Å²) < 4.78 is 0. The molecule has 0 bridgehead atoms. The van der Waals surface area contributed by atoms with E-state index in [9.17, 15) is 0 Å². The summed E-state index contributed by atoms with van der Waals surface area (Å²) in [7, 11) is 2.19. The Balaban J connectivity index is 1.71. The summed E-state index contributed by atoms with van der Waals surface area (Å²) in [6, 6.07) is 1.15. The van der Waals surface area contributed by atoms with E-state index in [0.29, 0.717) is 6.04 Å². The van der Waals surface area contributed by atoms with Crippen LogP contribution < -0.4 is 5.32 Å². The molecule has 3 rings (SSSR count). The highest BCUT2D eigenvalue weighted by Gasteiger charge is 2.25. The zero-order valence-electron chi connectivity index (χ0n) is 13.4. The number of aromatic nitrogens is 2. The number of hydrogen-bond acceptors (Lipinski definition) is 5. The Morgan fingerprint density at radius 1 is 1.24 bits per heavy atom. The van der Waals surface area contributed by atoms with Crippen molar-refractivity contribution in [1.82, 2.24) is 20.2 Å². The second-order valence-corrected chi connectivity index (χ2v) is 7.43. The van der Waals surface area contributed by atoms with Crippen LogP contribution in [0.4, 0.5) is 0 Å². The lowest BCUT2D eigenvalue weighted by Gasteiger charge is -2.31. The third-order valence-electron chi connectivity index (χ3n) is 4.52. The van der Waals surface area contributed by atoms with E-state index in [0.717, 1.165) is 37.1 Å². The number of rotatable bonds is 5. The normalized spacial score (nSPS) is 23.5. The molecule has 0 spiro atoms. The number of aryl methyl sites for hydroxylation is 2. The highest BCUT2D eigenvalue weighted by atomic mass is 32.2. The van der Waals surface area contributed by atoms with Gasteiger partial charge in [0, 0.05) is 35.5 Å². The Labute approximate surface area is 132 Å². The van der Waals surface area contributed by atoms with Gasteiger partial charge in [0.25, 0.3) is 0 Å². The third-order valence-corrected chi connectivity index (χ3v) is 5.54. The minimum atomic E-state index is 0.375. The average Bonchev–Trinajstić information content (AvgIpc) is 3.26. The largest absolute Gasteiger partial charge is 0.314 e. The molecule has 2 aliphatic rings. The molecule has 4 nitrogen and oxygen atoms in total. The van der Waals surface area contributed by atoms with Gasteiger partial charge in [0.05, 0.1) is 6.04 Å². The fourth-order valence-corrected chi connectivity index (χ4v) is 4.13. The second-order valence-electron chi connectivity index (χ2n) is 6.28. The topological polar surface area (TPSA) is 41.1 Å². The zero-order chi connectivity index (χ0) is 14.8. The number of nitrogens with zero attached hydrogens (tertiary/aromatic N) is 3. The summed E-state index contributed by atoms with van der Waals surface area (Å²) in [6.45, 7) is 6.46. The minimum Gasteiger partial charge on any atom is -0.314 e. The molecule has 1 saturated heterocycles. The quantitative estimate of drug-likeness (QED) is 0.902. The minimum absolute atomic E-state index is 0.375. The molecule has 1 saturated carbocycles. The van der Waals surface area contributed by atoms with Crippen LogP contribution >= 0.6 is 11.8 Å². The molecule has 0 aromatic carbocycles. The van der Waals surface area contributed by atoms with Crippen molar-refractivity contribution in [3.05, 3.63) is 22.8 Å². The van der Waals surface area contributed by atoms with Gasteiger partial charge in [-0.25, -0.2) is 9.97 Å².